The van der Waals surface area contributed by atoms with Crippen LogP contribution in [0, 0.1) is 5.92 Å². The maximum absolute atomic E-state index is 13.6. The Balaban J connectivity index is 0.978. The van der Waals surface area contributed by atoms with Crippen LogP contribution in [0.3, 0.4) is 0 Å². The van der Waals surface area contributed by atoms with E-state index in [1.54, 1.807) is 0 Å². The van der Waals surface area contributed by atoms with E-state index in [0.717, 1.165) is 88.1 Å². The Kier molecular flexibility index (Phi) is 9.66. The third kappa shape index (κ3) is 6.85. The van der Waals surface area contributed by atoms with Gasteiger partial charge in [-0.15, -0.1) is 0 Å². The summed E-state index contributed by atoms with van der Waals surface area (Å²) in [6, 6.07) is 19.2. The predicted octanol–water partition coefficient (Wildman–Crippen LogP) is 6.37. The van der Waals surface area contributed by atoms with E-state index in [1.807, 2.05) is 35.8 Å². The van der Waals surface area contributed by atoms with Gasteiger partial charge in [-0.25, -0.2) is 19.6 Å². The molecule has 8 rings (SSSR count). The molecule has 3 aliphatic heterocycles. The van der Waals surface area contributed by atoms with Gasteiger partial charge in [0.2, 0.25) is 11.8 Å². The van der Waals surface area contributed by atoms with Gasteiger partial charge in [-0.05, 0) is 91.0 Å². The number of rotatable bonds is 8. The maximum Gasteiger partial charge on any atom is 0.407 e. The number of hydrogen-bond donors (Lipinski definition) is 4. The van der Waals surface area contributed by atoms with Gasteiger partial charge in [0.1, 0.15) is 23.7 Å². The van der Waals surface area contributed by atoms with E-state index in [4.69, 9.17) is 19.4 Å². The number of nitrogens with zero attached hydrogens (tertiary/aromatic N) is 4. The molecule has 55 heavy (non-hydrogen) atoms. The Morgan fingerprint density at radius 2 is 1.31 bits per heavy atom. The highest BCUT2D eigenvalue weighted by molar-refractivity contribution is 5.89. The molecule has 4 N–H and O–H groups in total. The van der Waals surface area contributed by atoms with Gasteiger partial charge in [-0.2, -0.15) is 0 Å². The molecule has 0 saturated carbocycles. The van der Waals surface area contributed by atoms with Crippen LogP contribution in [0.15, 0.2) is 60.7 Å². The summed E-state index contributed by atoms with van der Waals surface area (Å²) >= 11 is 0. The highest BCUT2D eigenvalue weighted by Crippen LogP contribution is 2.41. The van der Waals surface area contributed by atoms with Crippen molar-refractivity contribution in [1.82, 2.24) is 40.4 Å². The van der Waals surface area contributed by atoms with Gasteiger partial charge in [0.25, 0.3) is 0 Å². The molecule has 2 aromatic heterocycles. The van der Waals surface area contributed by atoms with Gasteiger partial charge in [0, 0.05) is 12.6 Å². The molecule has 14 nitrogen and oxygen atoms in total. The lowest BCUT2D eigenvalue weighted by Crippen LogP contribution is -2.54. The largest absolute Gasteiger partial charge is 0.453 e. The fraction of sp³-hybridized carbons (Fsp3) is 0.415. The first-order valence-electron chi connectivity index (χ1n) is 19.0. The standard InChI is InChI=1S/C41H46N8O6/c1-22(2)35(47-41(53)55-4)39(51)48-19-5-6-33(48)36-42-28-15-11-25(20-31(28)44-36)23-7-9-24(10-8-23)26-12-16-29-32(21-26)45-37(43-29)34-18-14-27-13-17-30(38(50)49(27)34)46-40(52)54-3/h7-12,15-16,20-22,27,30,33-35H,5-6,13-14,17-19H2,1-4H3,(H,42,44)(H,43,45)(H,46,52)(H,47,53)/t27-,30-,33-,34-,35-/m0/s1. The van der Waals surface area contributed by atoms with Crippen LogP contribution in [-0.2, 0) is 19.1 Å². The van der Waals surface area contributed by atoms with Crippen molar-refractivity contribution in [2.75, 3.05) is 20.8 Å². The van der Waals surface area contributed by atoms with Crippen molar-refractivity contribution < 1.29 is 28.7 Å². The lowest BCUT2D eigenvalue weighted by atomic mass is 9.98. The minimum absolute atomic E-state index is 0.0870. The van der Waals surface area contributed by atoms with Gasteiger partial charge in [0.05, 0.1) is 48.4 Å². The summed E-state index contributed by atoms with van der Waals surface area (Å²) in [5, 5.41) is 5.40. The number of carbonyl (C=O) groups excluding carboxylic acids is 4. The highest BCUT2D eigenvalue weighted by Gasteiger charge is 2.45. The molecule has 0 radical (unpaired) electrons. The molecule has 3 fully saturated rings. The normalized spacial score (nSPS) is 21.6. The summed E-state index contributed by atoms with van der Waals surface area (Å²) in [7, 11) is 2.59. The number of aromatic nitrogens is 4. The smallest absolute Gasteiger partial charge is 0.407 e. The number of carbonyl (C=O) groups is 4. The number of alkyl carbamates (subject to hydrolysis) is 2. The molecule has 0 aliphatic carbocycles. The minimum atomic E-state index is -0.690. The number of benzene rings is 3. The van der Waals surface area contributed by atoms with Gasteiger partial charge in [-0.1, -0.05) is 50.2 Å². The monoisotopic (exact) mass is 746 g/mol. The fourth-order valence-electron chi connectivity index (χ4n) is 8.55. The number of methoxy groups -OCH3 is 2. The van der Waals surface area contributed by atoms with E-state index in [0.29, 0.717) is 13.0 Å². The molecular weight excluding hydrogens is 701 g/mol. The van der Waals surface area contributed by atoms with Crippen molar-refractivity contribution in [3.05, 3.63) is 72.3 Å². The molecule has 5 atom stereocenters. The number of likely N-dealkylation sites (tertiary alicyclic amines) is 1. The maximum atomic E-state index is 13.6. The second-order valence-electron chi connectivity index (χ2n) is 15.1. The summed E-state index contributed by atoms with van der Waals surface area (Å²) in [6.07, 6.45) is 3.56. The van der Waals surface area contributed by atoms with Gasteiger partial charge in [0.15, 0.2) is 0 Å². The van der Waals surface area contributed by atoms with E-state index in [2.05, 4.69) is 69.1 Å². The fourth-order valence-corrected chi connectivity index (χ4v) is 8.55. The molecule has 0 unspecified atom stereocenters. The number of nitrogens with one attached hydrogen (secondary N) is 4. The summed E-state index contributed by atoms with van der Waals surface area (Å²) in [5.41, 5.74) is 7.64. The predicted molar refractivity (Wildman–Crippen MR) is 206 cm³/mol. The SMILES string of the molecule is COC(=O)N[C@H]1CC[C@H]2CC[C@@H](c3nc4ccc(-c5ccc(-c6ccc7nc([C@@H]8CCCN8C(=O)[C@@H](NC(=O)OC)C(C)C)[nH]c7c6)cc5)cc4[nH]3)N2C1=O. The van der Waals surface area contributed by atoms with Crippen LogP contribution in [0.5, 0.6) is 0 Å². The average Bonchev–Trinajstić information content (AvgIpc) is 4.02. The van der Waals surface area contributed by atoms with Crippen molar-refractivity contribution >= 4 is 46.1 Å². The van der Waals surface area contributed by atoms with Crippen molar-refractivity contribution in [2.45, 2.75) is 82.6 Å². The average molecular weight is 747 g/mol. The topological polar surface area (TPSA) is 175 Å². The van der Waals surface area contributed by atoms with Crippen molar-refractivity contribution in [3.8, 4) is 22.3 Å². The first kappa shape index (κ1) is 36.1. The molecule has 3 saturated heterocycles. The lowest BCUT2D eigenvalue weighted by Gasteiger charge is -2.37. The quantitative estimate of drug-likeness (QED) is 0.142. The first-order chi connectivity index (χ1) is 26.6. The third-order valence-electron chi connectivity index (χ3n) is 11.4. The Labute approximate surface area is 318 Å². The zero-order valence-electron chi connectivity index (χ0n) is 31.4. The van der Waals surface area contributed by atoms with E-state index >= 15 is 0 Å². The second-order valence-corrected chi connectivity index (χ2v) is 15.1. The number of fused-ring (bicyclic) bond motifs is 3. The minimum Gasteiger partial charge on any atom is -0.453 e. The Morgan fingerprint density at radius 3 is 1.89 bits per heavy atom. The number of ether oxygens (including phenoxy) is 2. The molecule has 286 valence electrons. The molecule has 5 heterocycles. The zero-order valence-corrected chi connectivity index (χ0v) is 31.4. The molecule has 0 spiro atoms. The molecule has 4 amide bonds. The summed E-state index contributed by atoms with van der Waals surface area (Å²) in [6.45, 7) is 4.40. The summed E-state index contributed by atoms with van der Waals surface area (Å²) in [5.74, 6) is 1.17. The second kappa shape index (κ2) is 14.7. The molecule has 14 heteroatoms. The van der Waals surface area contributed by atoms with Gasteiger partial charge >= 0.3 is 12.2 Å². The Hall–Kier alpha value is -5.92. The van der Waals surface area contributed by atoms with Crippen molar-refractivity contribution in [2.24, 2.45) is 5.92 Å². The number of imidazole rings is 2. The number of aromatic amines is 2. The van der Waals surface area contributed by atoms with E-state index in [9.17, 15) is 19.2 Å². The van der Waals surface area contributed by atoms with Gasteiger partial charge < -0.3 is 39.9 Å². The molecule has 5 aromatic rings. The van der Waals surface area contributed by atoms with Crippen molar-refractivity contribution in [3.63, 3.8) is 0 Å². The van der Waals surface area contributed by atoms with Crippen LogP contribution in [0.25, 0.3) is 44.3 Å². The van der Waals surface area contributed by atoms with Crippen LogP contribution < -0.4 is 10.6 Å². The number of H-pyrrole nitrogens is 2. The lowest BCUT2D eigenvalue weighted by molar-refractivity contribution is -0.139. The van der Waals surface area contributed by atoms with Crippen LogP contribution in [0.4, 0.5) is 9.59 Å². The Morgan fingerprint density at radius 1 is 0.745 bits per heavy atom. The van der Waals surface area contributed by atoms with E-state index < -0.39 is 24.3 Å². The Bertz CT molecular complexity index is 2260. The summed E-state index contributed by atoms with van der Waals surface area (Å²) in [4.78, 5) is 71.4. The molecular formula is C41H46N8O6. The van der Waals surface area contributed by atoms with Crippen LogP contribution in [0.2, 0.25) is 0 Å². The zero-order chi connectivity index (χ0) is 38.4. The van der Waals surface area contributed by atoms with Crippen molar-refractivity contribution in [1.29, 1.82) is 0 Å². The summed E-state index contributed by atoms with van der Waals surface area (Å²) < 4.78 is 9.51. The molecule has 3 aliphatic rings. The highest BCUT2D eigenvalue weighted by atomic mass is 16.5. The van der Waals surface area contributed by atoms with Crippen LogP contribution in [-0.4, -0.2) is 92.6 Å². The third-order valence-corrected chi connectivity index (χ3v) is 11.4. The van der Waals surface area contributed by atoms with E-state index in [1.165, 1.54) is 14.2 Å². The molecule has 3 aromatic carbocycles. The van der Waals surface area contributed by atoms with Gasteiger partial charge in [-0.3, -0.25) is 9.59 Å². The number of piperidine rings is 1. The van der Waals surface area contributed by atoms with E-state index in [-0.39, 0.29) is 35.9 Å². The van der Waals surface area contributed by atoms with Crippen LogP contribution >= 0.6 is 0 Å². The molecule has 0 bridgehead atoms. The van der Waals surface area contributed by atoms with Crippen LogP contribution in [0.1, 0.15) is 76.1 Å². The number of amides is 4. The first-order valence-corrected chi connectivity index (χ1v) is 19.0. The number of hydrogen-bond acceptors (Lipinski definition) is 8.